The Labute approximate surface area is 206 Å². The minimum Gasteiger partial charge on any atom is -0.325 e. The van der Waals surface area contributed by atoms with E-state index in [0.29, 0.717) is 16.1 Å². The van der Waals surface area contributed by atoms with Gasteiger partial charge in [-0.1, -0.05) is 42.3 Å². The average molecular weight is 496 g/mol. The molecule has 1 N–H and O–H groups in total. The number of aromatic nitrogens is 2. The van der Waals surface area contributed by atoms with E-state index in [9.17, 15) is 14.0 Å². The van der Waals surface area contributed by atoms with Crippen molar-refractivity contribution in [3.63, 3.8) is 0 Å². The third kappa shape index (κ3) is 4.53. The fraction of sp³-hybridized carbons (Fsp3) is 0.346. The highest BCUT2D eigenvalue weighted by molar-refractivity contribution is 8.00. The predicted molar refractivity (Wildman–Crippen MR) is 136 cm³/mol. The number of fused-ring (bicyclic) bond motifs is 3. The zero-order valence-corrected chi connectivity index (χ0v) is 20.8. The topological polar surface area (TPSA) is 64.0 Å². The first-order valence-corrected chi connectivity index (χ1v) is 13.4. The Kier molecular flexibility index (Phi) is 6.53. The number of aryl methyl sites for hydroxylation is 2. The summed E-state index contributed by atoms with van der Waals surface area (Å²) < 4.78 is 15.1. The molecule has 1 amide bonds. The van der Waals surface area contributed by atoms with Gasteiger partial charge in [-0.15, -0.1) is 11.8 Å². The van der Waals surface area contributed by atoms with E-state index in [1.165, 1.54) is 30.3 Å². The number of halogens is 1. The van der Waals surface area contributed by atoms with Crippen molar-refractivity contribution >= 4 is 35.1 Å². The van der Waals surface area contributed by atoms with Crippen molar-refractivity contribution in [3.05, 3.63) is 75.3 Å². The zero-order valence-electron chi connectivity index (χ0n) is 19.1. The molecule has 1 aromatic heterocycles. The van der Waals surface area contributed by atoms with Gasteiger partial charge < -0.3 is 5.32 Å². The van der Waals surface area contributed by atoms with Crippen LogP contribution in [0.3, 0.4) is 0 Å². The van der Waals surface area contributed by atoms with E-state index in [1.54, 1.807) is 28.5 Å². The number of carbonyl (C=O) groups excluding carboxylic acids is 1. The second kappa shape index (κ2) is 9.58. The maximum Gasteiger partial charge on any atom is 0.263 e. The van der Waals surface area contributed by atoms with Crippen LogP contribution in [0.15, 0.2) is 57.4 Å². The molecule has 2 aliphatic rings. The van der Waals surface area contributed by atoms with Crippen LogP contribution in [0.2, 0.25) is 0 Å². The normalized spacial score (nSPS) is 18.9. The van der Waals surface area contributed by atoms with E-state index in [-0.39, 0.29) is 29.0 Å². The lowest BCUT2D eigenvalue weighted by Crippen LogP contribution is -2.29. The molecule has 3 aromatic rings. The minimum atomic E-state index is -0.365. The summed E-state index contributed by atoms with van der Waals surface area (Å²) >= 11 is 2.93. The van der Waals surface area contributed by atoms with Crippen molar-refractivity contribution in [1.82, 2.24) is 9.55 Å². The number of thioether (sulfide) groups is 2. The van der Waals surface area contributed by atoms with Crippen LogP contribution in [0.1, 0.15) is 48.3 Å². The maximum atomic E-state index is 13.7. The predicted octanol–water partition coefficient (Wildman–Crippen LogP) is 5.85. The molecule has 34 heavy (non-hydrogen) atoms. The first-order valence-electron chi connectivity index (χ1n) is 11.5. The number of benzene rings is 2. The third-order valence-electron chi connectivity index (χ3n) is 6.46. The first-order chi connectivity index (χ1) is 16.4. The van der Waals surface area contributed by atoms with E-state index < -0.39 is 0 Å². The van der Waals surface area contributed by atoms with Crippen molar-refractivity contribution in [3.8, 4) is 5.69 Å². The molecule has 1 saturated carbocycles. The van der Waals surface area contributed by atoms with Crippen LogP contribution in [0.25, 0.3) is 5.69 Å². The molecule has 5 nitrogen and oxygen atoms in total. The summed E-state index contributed by atoms with van der Waals surface area (Å²) in [6.45, 7) is 3.97. The largest absolute Gasteiger partial charge is 0.325 e. The molecule has 1 aliphatic heterocycles. The van der Waals surface area contributed by atoms with Gasteiger partial charge in [-0.2, -0.15) is 0 Å². The van der Waals surface area contributed by atoms with E-state index >= 15 is 0 Å². The van der Waals surface area contributed by atoms with Crippen molar-refractivity contribution in [2.75, 3.05) is 11.1 Å². The number of anilines is 1. The summed E-state index contributed by atoms with van der Waals surface area (Å²) in [5.41, 5.74) is 4.14. The first kappa shape index (κ1) is 23.2. The van der Waals surface area contributed by atoms with Crippen molar-refractivity contribution in [2.24, 2.45) is 0 Å². The summed E-state index contributed by atoms with van der Waals surface area (Å²) in [6, 6.07) is 11.7. The van der Waals surface area contributed by atoms with Crippen LogP contribution in [0, 0.1) is 19.7 Å². The quantitative estimate of drug-likeness (QED) is 0.273. The number of hydrogen-bond acceptors (Lipinski definition) is 5. The monoisotopic (exact) mass is 495 g/mol. The standard InChI is InChI=1S/C26H26FN3O2S2/c1-15-7-12-20(16(2)13-15)28-22(31)14-33-26-29-24-23(19-5-3-4-6-21(19)34-24)25(32)30(26)18-10-8-17(27)9-11-18/h7-13,19,21H,3-6,14H2,1-2H3,(H,28,31). The average Bonchev–Trinajstić information content (AvgIpc) is 3.19. The van der Waals surface area contributed by atoms with Crippen molar-refractivity contribution in [2.45, 2.75) is 60.9 Å². The van der Waals surface area contributed by atoms with Crippen LogP contribution < -0.4 is 10.9 Å². The van der Waals surface area contributed by atoms with Gasteiger partial charge in [0.05, 0.1) is 17.0 Å². The van der Waals surface area contributed by atoms with Gasteiger partial charge in [0.15, 0.2) is 5.16 Å². The molecule has 0 radical (unpaired) electrons. The lowest BCUT2D eigenvalue weighted by atomic mass is 9.85. The molecule has 2 atom stereocenters. The Balaban J connectivity index is 1.46. The molecule has 0 saturated heterocycles. The molecular formula is C26H26FN3O2S2. The fourth-order valence-corrected chi connectivity index (χ4v) is 7.18. The Morgan fingerprint density at radius 3 is 2.71 bits per heavy atom. The van der Waals surface area contributed by atoms with E-state index in [1.807, 2.05) is 32.0 Å². The van der Waals surface area contributed by atoms with E-state index in [0.717, 1.165) is 46.7 Å². The van der Waals surface area contributed by atoms with Crippen LogP contribution in [-0.4, -0.2) is 26.5 Å². The molecule has 0 spiro atoms. The second-order valence-electron chi connectivity index (χ2n) is 8.93. The van der Waals surface area contributed by atoms with Crippen molar-refractivity contribution < 1.29 is 9.18 Å². The molecule has 2 aromatic carbocycles. The second-order valence-corrected chi connectivity index (χ2v) is 11.1. The van der Waals surface area contributed by atoms with Gasteiger partial charge in [-0.05, 0) is 62.6 Å². The van der Waals surface area contributed by atoms with E-state index in [4.69, 9.17) is 4.98 Å². The lowest BCUT2D eigenvalue weighted by molar-refractivity contribution is -0.113. The zero-order chi connectivity index (χ0) is 23.8. The van der Waals surface area contributed by atoms with Gasteiger partial charge in [0.1, 0.15) is 10.8 Å². The van der Waals surface area contributed by atoms with Crippen LogP contribution in [0.4, 0.5) is 10.1 Å². The van der Waals surface area contributed by atoms with Gasteiger partial charge in [0, 0.05) is 16.9 Å². The molecule has 1 fully saturated rings. The number of nitrogens with zero attached hydrogens (tertiary/aromatic N) is 2. The van der Waals surface area contributed by atoms with Gasteiger partial charge in [-0.3, -0.25) is 14.2 Å². The summed E-state index contributed by atoms with van der Waals surface area (Å²) in [7, 11) is 0. The fourth-order valence-electron chi connectivity index (χ4n) is 4.80. The van der Waals surface area contributed by atoms with Crippen LogP contribution in [0.5, 0.6) is 0 Å². The number of rotatable bonds is 5. The minimum absolute atomic E-state index is 0.101. The number of amides is 1. The molecular weight excluding hydrogens is 469 g/mol. The number of hydrogen-bond donors (Lipinski definition) is 1. The smallest absolute Gasteiger partial charge is 0.263 e. The van der Waals surface area contributed by atoms with Crippen LogP contribution >= 0.6 is 23.5 Å². The number of carbonyl (C=O) groups is 1. The molecule has 176 valence electrons. The Morgan fingerprint density at radius 2 is 1.94 bits per heavy atom. The molecule has 2 unspecified atom stereocenters. The highest BCUT2D eigenvalue weighted by Crippen LogP contribution is 2.50. The van der Waals surface area contributed by atoms with Gasteiger partial charge in [0.25, 0.3) is 5.56 Å². The summed E-state index contributed by atoms with van der Waals surface area (Å²) in [4.78, 5) is 31.3. The van der Waals surface area contributed by atoms with Crippen molar-refractivity contribution in [1.29, 1.82) is 0 Å². The summed E-state index contributed by atoms with van der Waals surface area (Å²) in [6.07, 6.45) is 4.37. The highest BCUT2D eigenvalue weighted by atomic mass is 32.2. The lowest BCUT2D eigenvalue weighted by Gasteiger charge is -2.24. The Hall–Kier alpha value is -2.58. The van der Waals surface area contributed by atoms with E-state index in [2.05, 4.69) is 5.32 Å². The summed E-state index contributed by atoms with van der Waals surface area (Å²) in [5.74, 6) is -0.209. The van der Waals surface area contributed by atoms with Gasteiger partial charge >= 0.3 is 0 Å². The van der Waals surface area contributed by atoms with Gasteiger partial charge in [0.2, 0.25) is 5.91 Å². The third-order valence-corrected chi connectivity index (χ3v) is 8.80. The highest BCUT2D eigenvalue weighted by Gasteiger charge is 2.39. The Bertz CT molecular complexity index is 1310. The SMILES string of the molecule is Cc1ccc(NC(=O)CSc2nc3c(c(=O)n2-c2ccc(F)cc2)C2CCCCC2S3)c(C)c1. The Morgan fingerprint density at radius 1 is 1.18 bits per heavy atom. The molecule has 1 aliphatic carbocycles. The maximum absolute atomic E-state index is 13.7. The molecule has 2 heterocycles. The van der Waals surface area contributed by atoms with Gasteiger partial charge in [-0.25, -0.2) is 9.37 Å². The molecule has 8 heteroatoms. The summed E-state index contributed by atoms with van der Waals surface area (Å²) in [5, 5.41) is 4.59. The van der Waals surface area contributed by atoms with Crippen LogP contribution in [-0.2, 0) is 4.79 Å². The number of nitrogens with one attached hydrogen (secondary N) is 1. The molecule has 5 rings (SSSR count). The molecule has 0 bridgehead atoms.